The highest BCUT2D eigenvalue weighted by atomic mass is 32.1. The molecule has 0 amide bonds. The zero-order chi connectivity index (χ0) is 44.8. The number of hydrogen-bond acceptors (Lipinski definition) is 5. The van der Waals surface area contributed by atoms with E-state index in [0.717, 1.165) is 97.3 Å². The minimum atomic E-state index is 0.331. The first-order valence-corrected chi connectivity index (χ1v) is 23.2. The molecule has 9 aromatic carbocycles. The molecule has 0 N–H and O–H groups in total. The third-order valence-electron chi connectivity index (χ3n) is 14.0. The maximum absolute atomic E-state index is 12.0. The van der Waals surface area contributed by atoms with Gasteiger partial charge in [0.25, 0.3) is 0 Å². The van der Waals surface area contributed by atoms with E-state index in [-0.39, 0.29) is 0 Å². The first kappa shape index (κ1) is 36.9. The Morgan fingerprint density at radius 1 is 0.515 bits per heavy atom. The Kier molecular flexibility index (Phi) is 7.39. The second kappa shape index (κ2) is 13.6. The van der Waals surface area contributed by atoms with Gasteiger partial charge in [0.15, 0.2) is 0 Å². The monoisotopic (exact) mass is 882 g/mol. The van der Waals surface area contributed by atoms with Gasteiger partial charge in [-0.3, -0.25) is 4.57 Å². The van der Waals surface area contributed by atoms with E-state index in [1.165, 1.54) is 10.1 Å². The van der Waals surface area contributed by atoms with E-state index in [2.05, 4.69) is 123 Å². The van der Waals surface area contributed by atoms with Crippen LogP contribution in [0.2, 0.25) is 0 Å². The van der Waals surface area contributed by atoms with Gasteiger partial charge in [0.2, 0.25) is 5.69 Å². The van der Waals surface area contributed by atoms with E-state index in [4.69, 9.17) is 14.4 Å². The van der Waals surface area contributed by atoms with Crippen LogP contribution in [0.3, 0.4) is 0 Å². The highest BCUT2D eigenvalue weighted by Crippen LogP contribution is 2.54. The Hall–Kier alpha value is -9.34. The Morgan fingerprint density at radius 3 is 1.79 bits per heavy atom. The van der Waals surface area contributed by atoms with Crippen LogP contribution in [0.5, 0.6) is 0 Å². The molecule has 312 valence electrons. The quantitative estimate of drug-likeness (QED) is 0.130. The molecule has 6 heterocycles. The van der Waals surface area contributed by atoms with E-state index in [1.807, 2.05) is 79.1 Å². The second-order valence-electron chi connectivity index (χ2n) is 17.4. The Morgan fingerprint density at radius 2 is 1.12 bits per heavy atom. The van der Waals surface area contributed by atoms with E-state index >= 15 is 0 Å². The fourth-order valence-corrected chi connectivity index (χ4v) is 12.5. The predicted molar refractivity (Wildman–Crippen MR) is 279 cm³/mol. The summed E-state index contributed by atoms with van der Waals surface area (Å²) in [6.45, 7) is 9.29. The molecule has 0 bridgehead atoms. The number of fused-ring (bicyclic) bond motifs is 13. The van der Waals surface area contributed by atoms with Crippen LogP contribution in [0.4, 0.5) is 5.69 Å². The first-order valence-electron chi connectivity index (χ1n) is 22.4. The first-order chi connectivity index (χ1) is 33.7. The van der Waals surface area contributed by atoms with Crippen molar-refractivity contribution in [1.82, 2.24) is 19.1 Å². The van der Waals surface area contributed by atoms with Gasteiger partial charge in [0, 0.05) is 77.4 Å². The number of aromatic nitrogens is 4. The maximum atomic E-state index is 12.0. The summed E-state index contributed by atoms with van der Waals surface area (Å²) in [6.07, 6.45) is 3.72. The largest absolute Gasteiger partial charge is 0.456 e. The molecule has 0 spiro atoms. The van der Waals surface area contributed by atoms with Gasteiger partial charge in [-0.25, -0.2) is 14.8 Å². The predicted octanol–water partition coefficient (Wildman–Crippen LogP) is 16.4. The standard InChI is InChI=1S/C60H30N6OS/c1-62-54-50(33-14-4-2-5-15-33)45(32-61)55(51(34-16-6-3-7-17-34)57(54)66-59-52-39(26-28-63-59)35-18-8-9-19-36(35)40-27-29-64-60(66)53(40)52)65-46-31-48-44(37-20-10-12-22-47(37)67-48)30-43(46)41-24-25-42-38-21-11-13-23-49(38)68-58(42)56(41)65/h2-31H. The molecule has 15 aromatic rings. The van der Waals surface area contributed by atoms with E-state index < -0.39 is 0 Å². The van der Waals surface area contributed by atoms with Crippen molar-refractivity contribution < 1.29 is 4.42 Å². The van der Waals surface area contributed by atoms with Crippen LogP contribution >= 0.6 is 11.3 Å². The van der Waals surface area contributed by atoms with Gasteiger partial charge < -0.3 is 8.98 Å². The lowest BCUT2D eigenvalue weighted by Gasteiger charge is -2.25. The molecule has 0 radical (unpaired) electrons. The summed E-state index contributed by atoms with van der Waals surface area (Å²) in [5, 5.41) is 24.7. The highest BCUT2D eigenvalue weighted by molar-refractivity contribution is 7.26. The number of pyridine rings is 2. The number of benzene rings is 9. The van der Waals surface area contributed by atoms with Crippen LogP contribution in [0.1, 0.15) is 5.56 Å². The summed E-state index contributed by atoms with van der Waals surface area (Å²) >= 11 is 1.76. The normalized spacial score (nSPS) is 12.1. The molecular formula is C60H30N6OS. The Bertz CT molecular complexity index is 4670. The van der Waals surface area contributed by atoms with Gasteiger partial charge in [-0.05, 0) is 63.0 Å². The lowest BCUT2D eigenvalue weighted by molar-refractivity contribution is 0.669. The van der Waals surface area contributed by atoms with Crippen molar-refractivity contribution in [3.8, 4) is 39.7 Å². The van der Waals surface area contributed by atoms with Gasteiger partial charge in [0.05, 0.1) is 39.2 Å². The molecule has 7 nitrogen and oxygen atoms in total. The van der Waals surface area contributed by atoms with Crippen molar-refractivity contribution >= 4 is 125 Å². The van der Waals surface area contributed by atoms with Crippen molar-refractivity contribution in [2.45, 2.75) is 0 Å². The number of nitriles is 1. The number of furan rings is 1. The van der Waals surface area contributed by atoms with Gasteiger partial charge in [0.1, 0.15) is 28.5 Å². The third-order valence-corrected chi connectivity index (χ3v) is 15.2. The number of rotatable bonds is 4. The fourth-order valence-electron chi connectivity index (χ4n) is 11.3. The lowest BCUT2D eigenvalue weighted by atomic mass is 9.88. The average Bonchev–Trinajstić information content (AvgIpc) is 4.15. The van der Waals surface area contributed by atoms with E-state index in [0.29, 0.717) is 45.0 Å². The molecule has 0 fully saturated rings. The van der Waals surface area contributed by atoms with Crippen molar-refractivity contribution in [2.24, 2.45) is 0 Å². The van der Waals surface area contributed by atoms with Crippen molar-refractivity contribution in [1.29, 1.82) is 5.26 Å². The second-order valence-corrected chi connectivity index (χ2v) is 18.4. The SMILES string of the molecule is [C-]#[N+]c1c(-c2ccccc2)c(C#N)c(-n2c3cc4oc5ccccc5c4cc3c3ccc4c5ccccc5sc4c32)c(-c2ccccc2)c1-n1c2nccc3c4ccccc4c4ccnc1c4c32. The van der Waals surface area contributed by atoms with Crippen LogP contribution in [0.25, 0.3) is 146 Å². The van der Waals surface area contributed by atoms with E-state index in [9.17, 15) is 11.8 Å². The Labute approximate surface area is 390 Å². The highest BCUT2D eigenvalue weighted by Gasteiger charge is 2.34. The van der Waals surface area contributed by atoms with Crippen LogP contribution in [-0.2, 0) is 0 Å². The minimum absolute atomic E-state index is 0.331. The minimum Gasteiger partial charge on any atom is -0.456 e. The number of thiophene rings is 1. The molecule has 6 aromatic heterocycles. The van der Waals surface area contributed by atoms with Crippen LogP contribution in [0.15, 0.2) is 187 Å². The number of nitrogens with zero attached hydrogens (tertiary/aromatic N) is 6. The van der Waals surface area contributed by atoms with Gasteiger partial charge >= 0.3 is 0 Å². The molecule has 68 heavy (non-hydrogen) atoms. The number of hydrogen-bond donors (Lipinski definition) is 0. The summed E-state index contributed by atoms with van der Waals surface area (Å²) in [5.41, 5.74) is 9.57. The van der Waals surface area contributed by atoms with Gasteiger partial charge in [-0.15, -0.1) is 11.3 Å². The molecule has 0 atom stereocenters. The summed E-state index contributed by atoms with van der Waals surface area (Å²) in [4.78, 5) is 14.9. The smallest absolute Gasteiger partial charge is 0.220 e. The molecule has 15 rings (SSSR count). The Balaban J connectivity index is 1.24. The topological polar surface area (TPSA) is 76.9 Å². The lowest BCUT2D eigenvalue weighted by Crippen LogP contribution is -2.09. The molecular weight excluding hydrogens is 853 g/mol. The zero-order valence-electron chi connectivity index (χ0n) is 35.8. The molecule has 0 aliphatic carbocycles. The van der Waals surface area contributed by atoms with Gasteiger partial charge in [-0.2, -0.15) is 5.26 Å². The van der Waals surface area contributed by atoms with Crippen molar-refractivity contribution in [3.05, 3.63) is 199 Å². The van der Waals surface area contributed by atoms with Crippen molar-refractivity contribution in [2.75, 3.05) is 0 Å². The molecule has 8 heteroatoms. The summed E-state index contributed by atoms with van der Waals surface area (Å²) < 4.78 is 13.4. The number of para-hydroxylation sites is 1. The van der Waals surface area contributed by atoms with Crippen LogP contribution in [-0.4, -0.2) is 19.1 Å². The molecule has 0 aliphatic heterocycles. The van der Waals surface area contributed by atoms with E-state index in [1.54, 1.807) is 11.3 Å². The molecule has 0 aliphatic rings. The zero-order valence-corrected chi connectivity index (χ0v) is 36.6. The third kappa shape index (κ3) is 4.73. The average molecular weight is 883 g/mol. The summed E-state index contributed by atoms with van der Waals surface area (Å²) in [5.74, 6) is 0. The van der Waals surface area contributed by atoms with Gasteiger partial charge in [-0.1, -0.05) is 133 Å². The summed E-state index contributed by atoms with van der Waals surface area (Å²) in [7, 11) is 0. The molecule has 0 saturated heterocycles. The van der Waals surface area contributed by atoms with Crippen molar-refractivity contribution in [3.63, 3.8) is 0 Å². The summed E-state index contributed by atoms with van der Waals surface area (Å²) in [6, 6.07) is 61.1. The van der Waals surface area contributed by atoms with Crippen LogP contribution in [0, 0.1) is 17.9 Å². The maximum Gasteiger partial charge on any atom is 0.220 e. The van der Waals surface area contributed by atoms with Crippen LogP contribution < -0.4 is 0 Å². The molecule has 0 saturated carbocycles. The molecule has 0 unspecified atom stereocenters. The fraction of sp³-hybridized carbons (Fsp3) is 0.